The van der Waals surface area contributed by atoms with Crippen LogP contribution >= 0.6 is 0 Å². The Morgan fingerprint density at radius 3 is 2.64 bits per heavy atom. The third-order valence-corrected chi connectivity index (χ3v) is 2.84. The molecule has 0 fully saturated rings. The van der Waals surface area contributed by atoms with Crippen LogP contribution in [0.15, 0.2) is 6.20 Å². The molecule has 0 aromatic carbocycles. The minimum Gasteiger partial charge on any atom is -0.378 e. The van der Waals surface area contributed by atoms with E-state index in [1.165, 1.54) is 0 Å². The van der Waals surface area contributed by atoms with Crippen LogP contribution in [0.5, 0.6) is 0 Å². The van der Waals surface area contributed by atoms with E-state index in [9.17, 15) is 0 Å². The molecule has 0 aliphatic carbocycles. The fraction of sp³-hybridized carbons (Fsp3) is 0.867. The van der Waals surface area contributed by atoms with Crippen molar-refractivity contribution >= 4 is 0 Å². The van der Waals surface area contributed by atoms with Crippen molar-refractivity contribution in [3.63, 3.8) is 0 Å². The molecule has 0 amide bonds. The predicted molar refractivity (Wildman–Crippen MR) is 84.7 cm³/mol. The SMILES string of the molecule is CCCNCCOCCOCCn1cc(COC(C)C)nn1. The van der Waals surface area contributed by atoms with Gasteiger partial charge in [0, 0.05) is 6.54 Å². The Labute approximate surface area is 133 Å². The van der Waals surface area contributed by atoms with Crippen molar-refractivity contribution < 1.29 is 14.2 Å². The summed E-state index contributed by atoms with van der Waals surface area (Å²) in [5, 5.41) is 11.4. The summed E-state index contributed by atoms with van der Waals surface area (Å²) in [6.07, 6.45) is 3.24. The van der Waals surface area contributed by atoms with Crippen molar-refractivity contribution in [1.82, 2.24) is 20.3 Å². The van der Waals surface area contributed by atoms with Gasteiger partial charge in [-0.1, -0.05) is 12.1 Å². The summed E-state index contributed by atoms with van der Waals surface area (Å²) in [5.74, 6) is 0. The van der Waals surface area contributed by atoms with Crippen LogP contribution < -0.4 is 5.32 Å². The molecule has 0 atom stereocenters. The Hall–Kier alpha value is -1.02. The number of nitrogens with one attached hydrogen (secondary N) is 1. The van der Waals surface area contributed by atoms with Gasteiger partial charge in [-0.25, -0.2) is 4.68 Å². The van der Waals surface area contributed by atoms with Gasteiger partial charge in [-0.2, -0.15) is 0 Å². The fourth-order valence-corrected chi connectivity index (χ4v) is 1.69. The second kappa shape index (κ2) is 12.5. The molecule has 7 heteroatoms. The van der Waals surface area contributed by atoms with E-state index in [4.69, 9.17) is 14.2 Å². The average molecular weight is 314 g/mol. The lowest BCUT2D eigenvalue weighted by atomic mass is 10.4. The zero-order valence-electron chi connectivity index (χ0n) is 14.1. The summed E-state index contributed by atoms with van der Waals surface area (Å²) in [5.41, 5.74) is 0.844. The second-order valence-electron chi connectivity index (χ2n) is 5.31. The van der Waals surface area contributed by atoms with Gasteiger partial charge >= 0.3 is 0 Å². The second-order valence-corrected chi connectivity index (χ2v) is 5.31. The van der Waals surface area contributed by atoms with Crippen LogP contribution in [0.25, 0.3) is 0 Å². The first kappa shape index (κ1) is 19.0. The first-order chi connectivity index (χ1) is 10.7. The monoisotopic (exact) mass is 314 g/mol. The number of nitrogens with zero attached hydrogens (tertiary/aromatic N) is 3. The summed E-state index contributed by atoms with van der Waals surface area (Å²) in [4.78, 5) is 0. The molecule has 0 saturated carbocycles. The summed E-state index contributed by atoms with van der Waals surface area (Å²) in [6, 6.07) is 0. The maximum atomic E-state index is 5.51. The molecule has 1 rings (SSSR count). The van der Waals surface area contributed by atoms with E-state index in [1.807, 2.05) is 20.0 Å². The standard InChI is InChI=1S/C15H30N4O3/c1-4-5-16-6-8-20-10-11-21-9-7-19-12-15(17-18-19)13-22-14(2)3/h12,14,16H,4-11,13H2,1-3H3. The lowest BCUT2D eigenvalue weighted by Gasteiger charge is -2.06. The van der Waals surface area contributed by atoms with Gasteiger partial charge in [0.2, 0.25) is 0 Å². The molecule has 0 spiro atoms. The molecule has 128 valence electrons. The van der Waals surface area contributed by atoms with Gasteiger partial charge in [0.15, 0.2) is 0 Å². The molecular formula is C15H30N4O3. The lowest BCUT2D eigenvalue weighted by Crippen LogP contribution is -2.21. The van der Waals surface area contributed by atoms with Crippen molar-refractivity contribution in [3.05, 3.63) is 11.9 Å². The highest BCUT2D eigenvalue weighted by Crippen LogP contribution is 1.99. The van der Waals surface area contributed by atoms with Crippen LogP contribution in [-0.2, 0) is 27.4 Å². The molecule has 0 saturated heterocycles. The van der Waals surface area contributed by atoms with Gasteiger partial charge in [0.25, 0.3) is 0 Å². The third-order valence-electron chi connectivity index (χ3n) is 2.84. The van der Waals surface area contributed by atoms with Crippen molar-refractivity contribution in [3.8, 4) is 0 Å². The lowest BCUT2D eigenvalue weighted by molar-refractivity contribution is 0.0449. The fourth-order valence-electron chi connectivity index (χ4n) is 1.69. The molecule has 1 heterocycles. The van der Waals surface area contributed by atoms with E-state index >= 15 is 0 Å². The zero-order valence-corrected chi connectivity index (χ0v) is 14.1. The topological polar surface area (TPSA) is 70.4 Å². The summed E-state index contributed by atoms with van der Waals surface area (Å²) in [6.45, 7) is 11.8. The number of hydrogen-bond donors (Lipinski definition) is 1. The summed E-state index contributed by atoms with van der Waals surface area (Å²) < 4.78 is 18.2. The molecule has 0 radical (unpaired) electrons. The van der Waals surface area contributed by atoms with Gasteiger partial charge in [0.1, 0.15) is 5.69 Å². The Morgan fingerprint density at radius 1 is 1.14 bits per heavy atom. The van der Waals surface area contributed by atoms with E-state index in [1.54, 1.807) is 4.68 Å². The Balaban J connectivity index is 1.94. The molecule has 1 N–H and O–H groups in total. The highest BCUT2D eigenvalue weighted by Gasteiger charge is 2.02. The normalized spacial score (nSPS) is 11.5. The maximum Gasteiger partial charge on any atom is 0.108 e. The number of hydrogen-bond acceptors (Lipinski definition) is 6. The van der Waals surface area contributed by atoms with Crippen LogP contribution in [-0.4, -0.2) is 60.6 Å². The largest absolute Gasteiger partial charge is 0.378 e. The van der Waals surface area contributed by atoms with Gasteiger partial charge in [0.05, 0.1) is 51.9 Å². The Kier molecular flexibility index (Phi) is 10.8. The van der Waals surface area contributed by atoms with Crippen molar-refractivity contribution in [2.75, 3.05) is 39.5 Å². The molecule has 1 aromatic heterocycles. The van der Waals surface area contributed by atoms with Gasteiger partial charge in [-0.05, 0) is 26.8 Å². The van der Waals surface area contributed by atoms with E-state index in [-0.39, 0.29) is 6.10 Å². The Bertz CT molecular complexity index is 371. The molecule has 22 heavy (non-hydrogen) atoms. The average Bonchev–Trinajstić information content (AvgIpc) is 2.95. The minimum absolute atomic E-state index is 0.200. The van der Waals surface area contributed by atoms with Crippen LogP contribution in [0.2, 0.25) is 0 Å². The summed E-state index contributed by atoms with van der Waals surface area (Å²) >= 11 is 0. The van der Waals surface area contributed by atoms with E-state index < -0.39 is 0 Å². The third kappa shape index (κ3) is 9.83. The first-order valence-corrected chi connectivity index (χ1v) is 8.09. The number of rotatable bonds is 14. The number of ether oxygens (including phenoxy) is 3. The van der Waals surface area contributed by atoms with E-state index in [0.717, 1.165) is 31.8 Å². The summed E-state index contributed by atoms with van der Waals surface area (Å²) in [7, 11) is 0. The molecular weight excluding hydrogens is 284 g/mol. The highest BCUT2D eigenvalue weighted by atomic mass is 16.5. The van der Waals surface area contributed by atoms with Crippen molar-refractivity contribution in [1.29, 1.82) is 0 Å². The molecule has 1 aromatic rings. The molecule has 0 aliphatic heterocycles. The van der Waals surface area contributed by atoms with Crippen LogP contribution in [0.1, 0.15) is 32.9 Å². The zero-order chi connectivity index (χ0) is 16.0. The van der Waals surface area contributed by atoms with E-state index in [2.05, 4.69) is 22.6 Å². The van der Waals surface area contributed by atoms with E-state index in [0.29, 0.717) is 33.0 Å². The molecule has 7 nitrogen and oxygen atoms in total. The van der Waals surface area contributed by atoms with Crippen molar-refractivity contribution in [2.45, 2.75) is 46.4 Å². The maximum absolute atomic E-state index is 5.51. The quantitative estimate of drug-likeness (QED) is 0.521. The number of aromatic nitrogens is 3. The molecule has 0 aliphatic rings. The predicted octanol–water partition coefficient (Wildman–Crippen LogP) is 1.24. The molecule has 0 unspecified atom stereocenters. The molecule has 0 bridgehead atoms. The highest BCUT2D eigenvalue weighted by molar-refractivity contribution is 4.89. The first-order valence-electron chi connectivity index (χ1n) is 8.09. The van der Waals surface area contributed by atoms with Gasteiger partial charge in [-0.15, -0.1) is 5.10 Å². The van der Waals surface area contributed by atoms with Crippen LogP contribution in [0.3, 0.4) is 0 Å². The van der Waals surface area contributed by atoms with Gasteiger partial charge in [-0.3, -0.25) is 0 Å². The minimum atomic E-state index is 0.200. The Morgan fingerprint density at radius 2 is 1.91 bits per heavy atom. The van der Waals surface area contributed by atoms with Crippen LogP contribution in [0.4, 0.5) is 0 Å². The van der Waals surface area contributed by atoms with Crippen LogP contribution in [0, 0.1) is 0 Å². The smallest absolute Gasteiger partial charge is 0.108 e. The van der Waals surface area contributed by atoms with Gasteiger partial charge < -0.3 is 19.5 Å². The van der Waals surface area contributed by atoms with Crippen molar-refractivity contribution in [2.24, 2.45) is 0 Å².